The molecule has 0 aliphatic carbocycles. The predicted molar refractivity (Wildman–Crippen MR) is 63.8 cm³/mol. The Morgan fingerprint density at radius 1 is 0.643 bits per heavy atom. The summed E-state index contributed by atoms with van der Waals surface area (Å²) in [4.78, 5) is 0. The first-order chi connectivity index (χ1) is 6.88. The van der Waals surface area contributed by atoms with Crippen molar-refractivity contribution in [3.63, 3.8) is 0 Å². The van der Waals surface area contributed by atoms with Gasteiger partial charge in [0.25, 0.3) is 0 Å². The van der Waals surface area contributed by atoms with Gasteiger partial charge in [-0.3, -0.25) is 0 Å². The normalized spacial score (nSPS) is 10.4. The third-order valence-electron chi connectivity index (χ3n) is 2.19. The molecular weight excluding hydrogens is 235 g/mol. The van der Waals surface area contributed by atoms with E-state index in [1.54, 1.807) is 0 Å². The molecule has 0 unspecified atom stereocenters. The predicted octanol–water partition coefficient (Wildman–Crippen LogP) is 1.93. The molecule has 0 amide bonds. The monoisotopic (exact) mass is 249 g/mol. The molecule has 2 aromatic rings. The standard InChI is InChI=1S/C13H13Se/c1-14(12-8-4-2-5-9-12)13-10-6-3-7-11-13/h2-11H,1H3/q+1. The molecule has 0 aliphatic rings. The summed E-state index contributed by atoms with van der Waals surface area (Å²) in [7, 11) is 0. The summed E-state index contributed by atoms with van der Waals surface area (Å²) < 4.78 is 3.00. The van der Waals surface area contributed by atoms with E-state index < -0.39 is 13.9 Å². The van der Waals surface area contributed by atoms with E-state index >= 15 is 0 Å². The number of hydrogen-bond donors (Lipinski definition) is 0. The molecule has 0 N–H and O–H groups in total. The van der Waals surface area contributed by atoms with Crippen LogP contribution in [0.3, 0.4) is 0 Å². The molecule has 2 aromatic carbocycles. The molecule has 0 aromatic heterocycles. The zero-order valence-corrected chi connectivity index (χ0v) is 9.89. The van der Waals surface area contributed by atoms with Crippen molar-refractivity contribution in [1.29, 1.82) is 0 Å². The second-order valence-corrected chi connectivity index (χ2v) is 7.26. The van der Waals surface area contributed by atoms with Crippen molar-refractivity contribution in [2.45, 2.75) is 5.82 Å². The van der Waals surface area contributed by atoms with E-state index in [1.165, 1.54) is 8.92 Å². The van der Waals surface area contributed by atoms with Crippen molar-refractivity contribution in [2.75, 3.05) is 0 Å². The van der Waals surface area contributed by atoms with Crippen molar-refractivity contribution in [2.24, 2.45) is 0 Å². The van der Waals surface area contributed by atoms with Gasteiger partial charge in [0.1, 0.15) is 0 Å². The summed E-state index contributed by atoms with van der Waals surface area (Å²) in [5.74, 6) is 2.37. The average Bonchev–Trinajstić information content (AvgIpc) is 2.30. The molecule has 0 heterocycles. The molecule has 14 heavy (non-hydrogen) atoms. The summed E-state index contributed by atoms with van der Waals surface area (Å²) in [6.07, 6.45) is 0. The van der Waals surface area contributed by atoms with E-state index in [2.05, 4.69) is 66.5 Å². The molecule has 0 saturated carbocycles. The maximum atomic E-state index is 2.37. The van der Waals surface area contributed by atoms with E-state index in [0.29, 0.717) is 0 Å². The van der Waals surface area contributed by atoms with Crippen molar-refractivity contribution in [3.05, 3.63) is 60.7 Å². The zero-order chi connectivity index (χ0) is 9.80. The van der Waals surface area contributed by atoms with Gasteiger partial charge in [-0.1, -0.05) is 0 Å². The summed E-state index contributed by atoms with van der Waals surface area (Å²) >= 11 is -0.779. The van der Waals surface area contributed by atoms with E-state index in [0.717, 1.165) is 0 Å². The van der Waals surface area contributed by atoms with Crippen molar-refractivity contribution in [3.8, 4) is 0 Å². The fraction of sp³-hybridized carbons (Fsp3) is 0.0769. The summed E-state index contributed by atoms with van der Waals surface area (Å²) in [6.45, 7) is 0. The summed E-state index contributed by atoms with van der Waals surface area (Å²) in [5.41, 5.74) is 0. The molecule has 0 aliphatic heterocycles. The third-order valence-corrected chi connectivity index (χ3v) is 6.30. The number of hydrogen-bond acceptors (Lipinski definition) is 0. The molecule has 0 nitrogen and oxygen atoms in total. The van der Waals surface area contributed by atoms with Gasteiger partial charge < -0.3 is 0 Å². The first-order valence-corrected chi connectivity index (χ1v) is 8.06. The van der Waals surface area contributed by atoms with Crippen LogP contribution < -0.4 is 8.92 Å². The van der Waals surface area contributed by atoms with Gasteiger partial charge in [0.05, 0.1) is 0 Å². The molecular formula is C13H13Se+. The first-order valence-electron chi connectivity index (χ1n) is 4.64. The minimum atomic E-state index is -0.779. The number of rotatable bonds is 2. The molecule has 70 valence electrons. The van der Waals surface area contributed by atoms with Crippen LogP contribution in [0.2, 0.25) is 5.82 Å². The Labute approximate surface area is 89.5 Å². The molecule has 0 fully saturated rings. The van der Waals surface area contributed by atoms with Crippen LogP contribution >= 0.6 is 0 Å². The molecule has 0 atom stereocenters. The molecule has 0 radical (unpaired) electrons. The molecule has 2 rings (SSSR count). The quantitative estimate of drug-likeness (QED) is 0.712. The van der Waals surface area contributed by atoms with Crippen LogP contribution in [-0.4, -0.2) is 13.9 Å². The second-order valence-electron chi connectivity index (χ2n) is 3.14. The van der Waals surface area contributed by atoms with Crippen LogP contribution in [0, 0.1) is 0 Å². The maximum absolute atomic E-state index is 2.37. The van der Waals surface area contributed by atoms with Crippen molar-refractivity contribution < 1.29 is 0 Å². The van der Waals surface area contributed by atoms with Gasteiger partial charge in [-0.15, -0.1) is 0 Å². The summed E-state index contributed by atoms with van der Waals surface area (Å²) in [5, 5.41) is 0. The molecule has 1 heteroatoms. The Balaban J connectivity index is 2.30. The Hall–Kier alpha value is -1.04. The van der Waals surface area contributed by atoms with Crippen LogP contribution in [0.25, 0.3) is 0 Å². The Bertz CT molecular complexity index is 341. The van der Waals surface area contributed by atoms with E-state index in [-0.39, 0.29) is 0 Å². The topological polar surface area (TPSA) is 0 Å². The van der Waals surface area contributed by atoms with Crippen LogP contribution in [0.1, 0.15) is 0 Å². The third kappa shape index (κ3) is 2.06. The van der Waals surface area contributed by atoms with Gasteiger partial charge in [-0.2, -0.15) is 0 Å². The average molecular weight is 248 g/mol. The van der Waals surface area contributed by atoms with E-state index in [4.69, 9.17) is 0 Å². The van der Waals surface area contributed by atoms with Crippen LogP contribution in [0.15, 0.2) is 60.7 Å². The fourth-order valence-corrected chi connectivity index (χ4v) is 4.33. The van der Waals surface area contributed by atoms with Gasteiger partial charge in [-0.05, 0) is 0 Å². The Morgan fingerprint density at radius 2 is 1.00 bits per heavy atom. The van der Waals surface area contributed by atoms with Crippen LogP contribution in [0.5, 0.6) is 0 Å². The van der Waals surface area contributed by atoms with Gasteiger partial charge in [0, 0.05) is 0 Å². The molecule has 0 saturated heterocycles. The van der Waals surface area contributed by atoms with Crippen LogP contribution in [0.4, 0.5) is 0 Å². The first kappa shape index (κ1) is 9.51. The second kappa shape index (κ2) is 4.45. The summed E-state index contributed by atoms with van der Waals surface area (Å²) in [6, 6.07) is 21.6. The van der Waals surface area contributed by atoms with Crippen molar-refractivity contribution in [1.82, 2.24) is 0 Å². The molecule has 0 spiro atoms. The minimum absolute atomic E-state index is 0.779. The van der Waals surface area contributed by atoms with Crippen molar-refractivity contribution >= 4 is 22.8 Å². The van der Waals surface area contributed by atoms with Gasteiger partial charge in [-0.25, -0.2) is 0 Å². The zero-order valence-electron chi connectivity index (χ0n) is 8.18. The fourth-order valence-electron chi connectivity index (χ4n) is 1.39. The molecule has 0 bridgehead atoms. The number of benzene rings is 2. The Kier molecular flexibility index (Phi) is 3.03. The van der Waals surface area contributed by atoms with Gasteiger partial charge >= 0.3 is 89.3 Å². The van der Waals surface area contributed by atoms with Crippen LogP contribution in [-0.2, 0) is 0 Å². The van der Waals surface area contributed by atoms with E-state index in [1.807, 2.05) is 0 Å². The van der Waals surface area contributed by atoms with Gasteiger partial charge in [0.15, 0.2) is 0 Å². The van der Waals surface area contributed by atoms with E-state index in [9.17, 15) is 0 Å². The Morgan fingerprint density at radius 3 is 1.36 bits per heavy atom. The van der Waals surface area contributed by atoms with Gasteiger partial charge in [0.2, 0.25) is 0 Å². The SMILES string of the molecule is C[Se+](c1ccccc1)c1ccccc1.